The van der Waals surface area contributed by atoms with Gasteiger partial charge >= 0.3 is 5.97 Å². The molecule has 2 aromatic rings. The van der Waals surface area contributed by atoms with Crippen LogP contribution in [0.25, 0.3) is 11.0 Å². The zero-order valence-electron chi connectivity index (χ0n) is 10.2. The maximum atomic E-state index is 11.9. The molecule has 0 amide bonds. The summed E-state index contributed by atoms with van der Waals surface area (Å²) in [5.41, 5.74) is -0.503. The number of carbonyl (C=O) groups is 1. The lowest BCUT2D eigenvalue weighted by atomic mass is 10.2. The van der Waals surface area contributed by atoms with Gasteiger partial charge in [-0.25, -0.2) is 9.78 Å². The van der Waals surface area contributed by atoms with Crippen molar-refractivity contribution in [2.75, 3.05) is 20.3 Å². The summed E-state index contributed by atoms with van der Waals surface area (Å²) in [7, 11) is 1.54. The molecule has 19 heavy (non-hydrogen) atoms. The maximum Gasteiger partial charge on any atom is 0.341 e. The Morgan fingerprint density at radius 3 is 2.89 bits per heavy atom. The van der Waals surface area contributed by atoms with E-state index in [2.05, 4.69) is 9.97 Å². The summed E-state index contributed by atoms with van der Waals surface area (Å²) < 4.78 is 10.1. The van der Waals surface area contributed by atoms with Crippen molar-refractivity contribution in [1.82, 2.24) is 9.97 Å². The topological polar surface area (TPSA) is 102 Å². The highest BCUT2D eigenvalue weighted by atomic mass is 16.5. The van der Waals surface area contributed by atoms with E-state index in [0.717, 1.165) is 6.20 Å². The van der Waals surface area contributed by atoms with Gasteiger partial charge in [-0.15, -0.1) is 0 Å². The van der Waals surface area contributed by atoms with Crippen LogP contribution < -0.4 is 10.2 Å². The average molecular weight is 264 g/mol. The predicted molar refractivity (Wildman–Crippen MR) is 66.7 cm³/mol. The molecule has 0 saturated carbocycles. The minimum absolute atomic E-state index is 0.0369. The normalized spacial score (nSPS) is 10.6. The number of hydrogen-bond acceptors (Lipinski definition) is 5. The molecule has 0 unspecified atom stereocenters. The molecule has 7 nitrogen and oxygen atoms in total. The summed E-state index contributed by atoms with van der Waals surface area (Å²) in [6.45, 7) is 0.691. The van der Waals surface area contributed by atoms with E-state index in [1.54, 1.807) is 19.2 Å². The number of rotatable bonds is 5. The third-order valence-corrected chi connectivity index (χ3v) is 2.47. The summed E-state index contributed by atoms with van der Waals surface area (Å²) in [5, 5.41) is 8.87. The van der Waals surface area contributed by atoms with E-state index in [9.17, 15) is 9.59 Å². The highest BCUT2D eigenvalue weighted by molar-refractivity contribution is 5.91. The molecule has 100 valence electrons. The Hall–Kier alpha value is -2.41. The van der Waals surface area contributed by atoms with Crippen molar-refractivity contribution in [3.8, 4) is 5.88 Å². The lowest BCUT2D eigenvalue weighted by molar-refractivity contribution is 0.0695. The van der Waals surface area contributed by atoms with Crippen molar-refractivity contribution in [3.05, 3.63) is 34.1 Å². The number of aromatic nitrogens is 2. The molecule has 2 aromatic heterocycles. The first-order valence-corrected chi connectivity index (χ1v) is 5.51. The number of methoxy groups -OCH3 is 1. The summed E-state index contributed by atoms with van der Waals surface area (Å²) >= 11 is 0. The SMILES string of the molecule is COCCOc1ccc2[nH]cc(C(=O)O)c(=O)c2n1. The zero-order chi connectivity index (χ0) is 13.8. The number of pyridine rings is 2. The second-order valence-corrected chi connectivity index (χ2v) is 3.72. The van der Waals surface area contributed by atoms with Crippen LogP contribution in [-0.4, -0.2) is 41.4 Å². The fourth-order valence-corrected chi connectivity index (χ4v) is 1.54. The summed E-state index contributed by atoms with van der Waals surface area (Å²) in [6, 6.07) is 3.20. The second-order valence-electron chi connectivity index (χ2n) is 3.72. The number of hydrogen-bond donors (Lipinski definition) is 2. The molecular formula is C12H12N2O5. The summed E-state index contributed by atoms with van der Waals surface area (Å²) in [5.74, 6) is -1.05. The monoisotopic (exact) mass is 264 g/mol. The number of carboxylic acids is 1. The van der Waals surface area contributed by atoms with Gasteiger partial charge in [-0.3, -0.25) is 4.79 Å². The molecule has 0 aliphatic rings. The van der Waals surface area contributed by atoms with Crippen molar-refractivity contribution in [1.29, 1.82) is 0 Å². The Bertz CT molecular complexity index is 665. The van der Waals surface area contributed by atoms with Gasteiger partial charge < -0.3 is 19.6 Å². The van der Waals surface area contributed by atoms with Gasteiger partial charge in [0.1, 0.15) is 17.7 Å². The fraction of sp³-hybridized carbons (Fsp3) is 0.250. The van der Waals surface area contributed by atoms with Gasteiger partial charge in [0.2, 0.25) is 11.3 Å². The van der Waals surface area contributed by atoms with Crippen molar-refractivity contribution >= 4 is 17.0 Å². The molecule has 0 radical (unpaired) electrons. The quantitative estimate of drug-likeness (QED) is 0.769. The molecule has 0 aliphatic heterocycles. The number of fused-ring (bicyclic) bond motifs is 1. The number of aromatic carboxylic acids is 1. The third-order valence-electron chi connectivity index (χ3n) is 2.47. The largest absolute Gasteiger partial charge is 0.477 e. The molecule has 2 N–H and O–H groups in total. The average Bonchev–Trinajstić information content (AvgIpc) is 2.39. The first-order valence-electron chi connectivity index (χ1n) is 5.51. The second kappa shape index (κ2) is 5.49. The summed E-state index contributed by atoms with van der Waals surface area (Å²) in [4.78, 5) is 29.5. The van der Waals surface area contributed by atoms with Crippen LogP contribution in [0, 0.1) is 0 Å². The third kappa shape index (κ3) is 2.71. The van der Waals surface area contributed by atoms with Gasteiger partial charge in [-0.05, 0) is 6.07 Å². The van der Waals surface area contributed by atoms with Crippen LogP contribution in [0.4, 0.5) is 0 Å². The molecular weight excluding hydrogens is 252 g/mol. The fourth-order valence-electron chi connectivity index (χ4n) is 1.54. The molecule has 7 heteroatoms. The molecule has 0 fully saturated rings. The van der Waals surface area contributed by atoms with Crippen LogP contribution >= 0.6 is 0 Å². The highest BCUT2D eigenvalue weighted by Crippen LogP contribution is 2.12. The predicted octanol–water partition coefficient (Wildman–Crippen LogP) is 0.647. The number of carboxylic acid groups (broad SMARTS) is 1. The van der Waals surface area contributed by atoms with Crippen LogP contribution in [0.1, 0.15) is 10.4 Å². The Labute approximate surface area is 107 Å². The van der Waals surface area contributed by atoms with E-state index in [1.165, 1.54) is 0 Å². The summed E-state index contributed by atoms with van der Waals surface area (Å²) in [6.07, 6.45) is 1.15. The van der Waals surface area contributed by atoms with Gasteiger partial charge in [-0.1, -0.05) is 0 Å². The van der Waals surface area contributed by atoms with Crippen molar-refractivity contribution in [2.45, 2.75) is 0 Å². The van der Waals surface area contributed by atoms with E-state index in [1.807, 2.05) is 0 Å². The van der Waals surface area contributed by atoms with Gasteiger partial charge in [0.25, 0.3) is 0 Å². The molecule has 2 heterocycles. The molecule has 0 aromatic carbocycles. The minimum atomic E-state index is -1.30. The smallest absolute Gasteiger partial charge is 0.341 e. The maximum absolute atomic E-state index is 11.9. The van der Waals surface area contributed by atoms with Crippen molar-refractivity contribution in [2.24, 2.45) is 0 Å². The van der Waals surface area contributed by atoms with Crippen LogP contribution in [0.15, 0.2) is 23.1 Å². The molecule has 0 atom stereocenters. The van der Waals surface area contributed by atoms with Crippen LogP contribution in [0.5, 0.6) is 5.88 Å². The molecule has 0 aliphatic carbocycles. The number of H-pyrrole nitrogens is 1. The van der Waals surface area contributed by atoms with Crippen molar-refractivity contribution < 1.29 is 19.4 Å². The van der Waals surface area contributed by atoms with Crippen LogP contribution in [0.2, 0.25) is 0 Å². The van der Waals surface area contributed by atoms with E-state index in [-0.39, 0.29) is 17.0 Å². The number of aromatic amines is 1. The molecule has 0 saturated heterocycles. The molecule has 0 bridgehead atoms. The van der Waals surface area contributed by atoms with Crippen LogP contribution in [-0.2, 0) is 4.74 Å². The number of nitrogens with one attached hydrogen (secondary N) is 1. The zero-order valence-corrected chi connectivity index (χ0v) is 10.2. The van der Waals surface area contributed by atoms with E-state index in [0.29, 0.717) is 18.7 Å². The lowest BCUT2D eigenvalue weighted by Gasteiger charge is -2.05. The number of nitrogens with zero attached hydrogens (tertiary/aromatic N) is 1. The first kappa shape index (κ1) is 13.0. The van der Waals surface area contributed by atoms with Gasteiger partial charge in [0.15, 0.2) is 0 Å². The van der Waals surface area contributed by atoms with Crippen LogP contribution in [0.3, 0.4) is 0 Å². The van der Waals surface area contributed by atoms with E-state index in [4.69, 9.17) is 14.6 Å². The van der Waals surface area contributed by atoms with Gasteiger partial charge in [-0.2, -0.15) is 0 Å². The highest BCUT2D eigenvalue weighted by Gasteiger charge is 2.13. The van der Waals surface area contributed by atoms with Gasteiger partial charge in [0.05, 0.1) is 12.1 Å². The standard InChI is InChI=1S/C12H12N2O5/c1-18-4-5-19-9-3-2-8-10(14-9)11(15)7(6-13-8)12(16)17/h2-3,6H,4-5H2,1H3,(H,13,15)(H,16,17). The lowest BCUT2D eigenvalue weighted by Crippen LogP contribution is -2.16. The molecule has 2 rings (SSSR count). The van der Waals surface area contributed by atoms with E-state index < -0.39 is 11.4 Å². The van der Waals surface area contributed by atoms with Crippen molar-refractivity contribution in [3.63, 3.8) is 0 Å². The Morgan fingerprint density at radius 2 is 2.21 bits per heavy atom. The Kier molecular flexibility index (Phi) is 3.76. The Balaban J connectivity index is 2.42. The Morgan fingerprint density at radius 1 is 1.42 bits per heavy atom. The number of ether oxygens (including phenoxy) is 2. The minimum Gasteiger partial charge on any atom is -0.477 e. The van der Waals surface area contributed by atoms with E-state index >= 15 is 0 Å². The van der Waals surface area contributed by atoms with Gasteiger partial charge in [0, 0.05) is 19.4 Å². The first-order chi connectivity index (χ1) is 9.13. The molecule has 0 spiro atoms.